The lowest BCUT2D eigenvalue weighted by atomic mass is 10.1. The van der Waals surface area contributed by atoms with E-state index >= 15 is 0 Å². The Morgan fingerprint density at radius 1 is 1.41 bits per heavy atom. The third-order valence-electron chi connectivity index (χ3n) is 2.65. The van der Waals surface area contributed by atoms with Gasteiger partial charge in [-0.05, 0) is 31.2 Å². The minimum Gasteiger partial charge on any atom is -0.311 e. The lowest BCUT2D eigenvalue weighted by Gasteiger charge is -2.14. The third-order valence-corrected chi connectivity index (χ3v) is 2.65. The Morgan fingerprint density at radius 3 is 2.76 bits per heavy atom. The van der Waals surface area contributed by atoms with E-state index in [0.29, 0.717) is 0 Å². The Morgan fingerprint density at radius 2 is 2.24 bits per heavy atom. The Labute approximate surface area is 99.5 Å². The standard InChI is InChI=1S/C12H15FN4/c1-14-12(5-9-6-16-17(2)8-9)11-4-3-10(13)7-15-11/h3-4,6-8,12,14H,5H2,1-2H3. The highest BCUT2D eigenvalue weighted by Gasteiger charge is 2.12. The number of hydrogen-bond acceptors (Lipinski definition) is 3. The molecule has 0 aromatic carbocycles. The van der Waals surface area contributed by atoms with E-state index in [9.17, 15) is 4.39 Å². The molecule has 90 valence electrons. The summed E-state index contributed by atoms with van der Waals surface area (Å²) in [6, 6.07) is 3.20. The van der Waals surface area contributed by atoms with Crippen LogP contribution in [0.2, 0.25) is 0 Å². The van der Waals surface area contributed by atoms with Gasteiger partial charge in [0.05, 0.1) is 24.1 Å². The van der Waals surface area contributed by atoms with E-state index < -0.39 is 0 Å². The van der Waals surface area contributed by atoms with Gasteiger partial charge < -0.3 is 5.32 Å². The van der Waals surface area contributed by atoms with Gasteiger partial charge in [-0.3, -0.25) is 9.67 Å². The van der Waals surface area contributed by atoms with Crippen LogP contribution in [-0.2, 0) is 13.5 Å². The summed E-state index contributed by atoms with van der Waals surface area (Å²) >= 11 is 0. The predicted octanol–water partition coefficient (Wildman–Crippen LogP) is 1.46. The number of aryl methyl sites for hydroxylation is 1. The topological polar surface area (TPSA) is 42.7 Å². The molecule has 5 heteroatoms. The number of aromatic nitrogens is 3. The quantitative estimate of drug-likeness (QED) is 0.870. The first-order valence-corrected chi connectivity index (χ1v) is 5.45. The molecule has 0 spiro atoms. The highest BCUT2D eigenvalue weighted by atomic mass is 19.1. The van der Waals surface area contributed by atoms with Crippen molar-refractivity contribution in [2.24, 2.45) is 7.05 Å². The van der Waals surface area contributed by atoms with Gasteiger partial charge in [0.15, 0.2) is 0 Å². The Hall–Kier alpha value is -1.75. The highest BCUT2D eigenvalue weighted by Crippen LogP contribution is 2.15. The zero-order valence-electron chi connectivity index (χ0n) is 9.89. The van der Waals surface area contributed by atoms with Crippen molar-refractivity contribution >= 4 is 0 Å². The first-order chi connectivity index (χ1) is 8.19. The van der Waals surface area contributed by atoms with Gasteiger partial charge in [-0.2, -0.15) is 5.10 Å². The second-order valence-electron chi connectivity index (χ2n) is 3.97. The smallest absolute Gasteiger partial charge is 0.141 e. The molecule has 2 aromatic heterocycles. The molecule has 0 aliphatic heterocycles. The van der Waals surface area contributed by atoms with Crippen LogP contribution in [0.4, 0.5) is 4.39 Å². The van der Waals surface area contributed by atoms with Gasteiger partial charge in [0, 0.05) is 13.2 Å². The van der Waals surface area contributed by atoms with Gasteiger partial charge in [-0.25, -0.2) is 4.39 Å². The number of nitrogens with zero attached hydrogens (tertiary/aromatic N) is 3. The van der Waals surface area contributed by atoms with Crippen molar-refractivity contribution in [3.8, 4) is 0 Å². The van der Waals surface area contributed by atoms with Gasteiger partial charge in [-0.1, -0.05) is 0 Å². The van der Waals surface area contributed by atoms with Crippen LogP contribution in [0.3, 0.4) is 0 Å². The highest BCUT2D eigenvalue weighted by molar-refractivity contribution is 5.15. The maximum absolute atomic E-state index is 12.8. The second kappa shape index (κ2) is 5.05. The molecular formula is C12H15FN4. The van der Waals surface area contributed by atoms with E-state index in [1.54, 1.807) is 10.7 Å². The minimum atomic E-state index is -0.315. The van der Waals surface area contributed by atoms with Crippen molar-refractivity contribution in [2.45, 2.75) is 12.5 Å². The maximum Gasteiger partial charge on any atom is 0.141 e. The second-order valence-corrected chi connectivity index (χ2v) is 3.97. The predicted molar refractivity (Wildman–Crippen MR) is 62.9 cm³/mol. The Bertz CT molecular complexity index is 478. The van der Waals surface area contributed by atoms with Crippen molar-refractivity contribution < 1.29 is 4.39 Å². The van der Waals surface area contributed by atoms with Crippen LogP contribution in [0.5, 0.6) is 0 Å². The van der Waals surface area contributed by atoms with Gasteiger partial charge in [0.2, 0.25) is 0 Å². The van der Waals surface area contributed by atoms with Crippen molar-refractivity contribution in [3.63, 3.8) is 0 Å². The summed E-state index contributed by atoms with van der Waals surface area (Å²) in [6.07, 6.45) is 5.81. The number of rotatable bonds is 4. The molecule has 2 heterocycles. The Kier molecular flexibility index (Phi) is 3.49. The van der Waals surface area contributed by atoms with Crippen LogP contribution >= 0.6 is 0 Å². The van der Waals surface area contributed by atoms with Crippen LogP contribution in [0.25, 0.3) is 0 Å². The summed E-state index contributed by atoms with van der Waals surface area (Å²) < 4.78 is 14.6. The number of halogens is 1. The molecule has 2 aromatic rings. The fourth-order valence-corrected chi connectivity index (χ4v) is 1.76. The third kappa shape index (κ3) is 2.88. The average molecular weight is 234 g/mol. The molecule has 0 aliphatic carbocycles. The van der Waals surface area contributed by atoms with E-state index in [-0.39, 0.29) is 11.9 Å². The monoisotopic (exact) mass is 234 g/mol. The fourth-order valence-electron chi connectivity index (χ4n) is 1.76. The van der Waals surface area contributed by atoms with Gasteiger partial charge in [0.1, 0.15) is 5.82 Å². The summed E-state index contributed by atoms with van der Waals surface area (Å²) in [7, 11) is 3.75. The summed E-state index contributed by atoms with van der Waals surface area (Å²) in [5.74, 6) is -0.315. The van der Waals surface area contributed by atoms with Gasteiger partial charge in [0.25, 0.3) is 0 Å². The molecular weight excluding hydrogens is 219 g/mol. The number of nitrogens with one attached hydrogen (secondary N) is 1. The van der Waals surface area contributed by atoms with E-state index in [0.717, 1.165) is 17.7 Å². The van der Waals surface area contributed by atoms with Crippen molar-refractivity contribution in [2.75, 3.05) is 7.05 Å². The zero-order chi connectivity index (χ0) is 12.3. The first-order valence-electron chi connectivity index (χ1n) is 5.45. The molecule has 17 heavy (non-hydrogen) atoms. The molecule has 1 N–H and O–H groups in total. The molecule has 1 unspecified atom stereocenters. The summed E-state index contributed by atoms with van der Waals surface area (Å²) in [5, 5.41) is 7.29. The van der Waals surface area contributed by atoms with Crippen LogP contribution in [0, 0.1) is 5.82 Å². The molecule has 0 aliphatic rings. The number of pyridine rings is 1. The van der Waals surface area contributed by atoms with E-state index in [4.69, 9.17) is 0 Å². The molecule has 2 rings (SSSR count). The van der Waals surface area contributed by atoms with Crippen LogP contribution < -0.4 is 5.32 Å². The van der Waals surface area contributed by atoms with Crippen LogP contribution in [-0.4, -0.2) is 21.8 Å². The molecule has 0 radical (unpaired) electrons. The van der Waals surface area contributed by atoms with Crippen LogP contribution in [0.15, 0.2) is 30.7 Å². The minimum absolute atomic E-state index is 0.0693. The summed E-state index contributed by atoms with van der Waals surface area (Å²) in [4.78, 5) is 4.09. The number of hydrogen-bond donors (Lipinski definition) is 1. The van der Waals surface area contributed by atoms with E-state index in [1.807, 2.05) is 26.5 Å². The largest absolute Gasteiger partial charge is 0.311 e. The summed E-state index contributed by atoms with van der Waals surface area (Å²) in [6.45, 7) is 0. The zero-order valence-corrected chi connectivity index (χ0v) is 9.89. The van der Waals surface area contributed by atoms with E-state index in [2.05, 4.69) is 15.4 Å². The lowest BCUT2D eigenvalue weighted by molar-refractivity contribution is 0.565. The molecule has 0 bridgehead atoms. The Balaban J connectivity index is 2.13. The average Bonchev–Trinajstić information content (AvgIpc) is 2.73. The van der Waals surface area contributed by atoms with Crippen LogP contribution in [0.1, 0.15) is 17.3 Å². The molecule has 0 saturated heterocycles. The maximum atomic E-state index is 12.8. The van der Waals surface area contributed by atoms with Crippen molar-refractivity contribution in [1.82, 2.24) is 20.1 Å². The summed E-state index contributed by atoms with van der Waals surface area (Å²) in [5.41, 5.74) is 1.95. The number of likely N-dealkylation sites (N-methyl/N-ethyl adjacent to an activating group) is 1. The SMILES string of the molecule is CNC(Cc1cnn(C)c1)c1ccc(F)cn1. The van der Waals surface area contributed by atoms with Gasteiger partial charge >= 0.3 is 0 Å². The normalized spacial score (nSPS) is 12.6. The van der Waals surface area contributed by atoms with Crippen molar-refractivity contribution in [3.05, 3.63) is 47.8 Å². The lowest BCUT2D eigenvalue weighted by Crippen LogP contribution is -2.19. The first kappa shape index (κ1) is 11.7. The van der Waals surface area contributed by atoms with E-state index in [1.165, 1.54) is 12.3 Å². The molecule has 1 atom stereocenters. The molecule has 0 saturated carbocycles. The van der Waals surface area contributed by atoms with Crippen molar-refractivity contribution in [1.29, 1.82) is 0 Å². The van der Waals surface area contributed by atoms with Gasteiger partial charge in [-0.15, -0.1) is 0 Å². The fraction of sp³-hybridized carbons (Fsp3) is 0.333. The molecule has 0 amide bonds. The molecule has 0 fully saturated rings. The molecule has 4 nitrogen and oxygen atoms in total.